The Labute approximate surface area is 117 Å². The number of piperazine rings is 1. The summed E-state index contributed by atoms with van der Waals surface area (Å²) in [6.07, 6.45) is 4.56. The Morgan fingerprint density at radius 1 is 1.05 bits per heavy atom. The van der Waals surface area contributed by atoms with Crippen molar-refractivity contribution in [3.8, 4) is 0 Å². The lowest BCUT2D eigenvalue weighted by molar-refractivity contribution is -0.118. The molecule has 1 atom stereocenters. The minimum atomic E-state index is 0.344. The van der Waals surface area contributed by atoms with E-state index in [9.17, 15) is 4.79 Å². The predicted octanol–water partition coefficient (Wildman–Crippen LogP) is 1.07. The second-order valence-electron chi connectivity index (χ2n) is 6.24. The Morgan fingerprint density at radius 3 is 2.47 bits per heavy atom. The third-order valence-electron chi connectivity index (χ3n) is 4.57. The number of rotatable bonds is 5. The van der Waals surface area contributed by atoms with E-state index in [1.165, 1.54) is 58.5 Å². The van der Waals surface area contributed by atoms with Gasteiger partial charge in [0, 0.05) is 51.7 Å². The van der Waals surface area contributed by atoms with Gasteiger partial charge >= 0.3 is 0 Å². The first-order valence-electron chi connectivity index (χ1n) is 7.79. The van der Waals surface area contributed by atoms with Gasteiger partial charge in [-0.05, 0) is 33.4 Å². The number of likely N-dealkylation sites (N-methyl/N-ethyl adjacent to an activating group) is 1. The lowest BCUT2D eigenvalue weighted by atomic mass is 9.98. The smallest absolute Gasteiger partial charge is 0.131 e. The van der Waals surface area contributed by atoms with E-state index in [4.69, 9.17) is 0 Å². The first kappa shape index (κ1) is 14.9. The molecule has 0 aromatic carbocycles. The zero-order valence-corrected chi connectivity index (χ0v) is 12.6. The normalized spacial score (nSPS) is 27.6. The molecule has 2 heterocycles. The fourth-order valence-corrected chi connectivity index (χ4v) is 3.26. The first-order valence-corrected chi connectivity index (χ1v) is 7.79. The highest BCUT2D eigenvalue weighted by molar-refractivity contribution is 5.76. The molecule has 0 radical (unpaired) electrons. The summed E-state index contributed by atoms with van der Waals surface area (Å²) in [5, 5.41) is 0. The zero-order valence-electron chi connectivity index (χ0n) is 12.6. The molecule has 0 aromatic heterocycles. The molecule has 110 valence electrons. The number of nitrogens with zero attached hydrogens (tertiary/aromatic N) is 3. The van der Waals surface area contributed by atoms with Crippen LogP contribution in [-0.4, -0.2) is 79.4 Å². The van der Waals surface area contributed by atoms with Crippen LogP contribution in [0.2, 0.25) is 0 Å². The molecule has 2 aliphatic heterocycles. The number of hydrogen-bond donors (Lipinski definition) is 0. The zero-order chi connectivity index (χ0) is 13.7. The maximum Gasteiger partial charge on any atom is 0.131 e. The van der Waals surface area contributed by atoms with E-state index in [1.54, 1.807) is 6.92 Å². The molecule has 4 heteroatoms. The summed E-state index contributed by atoms with van der Waals surface area (Å²) < 4.78 is 0. The van der Waals surface area contributed by atoms with Gasteiger partial charge in [-0.3, -0.25) is 14.6 Å². The van der Waals surface area contributed by atoms with Crippen LogP contribution in [0.15, 0.2) is 0 Å². The minimum Gasteiger partial charge on any atom is -0.304 e. The fourth-order valence-electron chi connectivity index (χ4n) is 3.26. The highest BCUT2D eigenvalue weighted by Crippen LogP contribution is 2.19. The lowest BCUT2D eigenvalue weighted by Crippen LogP contribution is -2.49. The Morgan fingerprint density at radius 2 is 1.79 bits per heavy atom. The van der Waals surface area contributed by atoms with Gasteiger partial charge in [0.05, 0.1) is 0 Å². The fraction of sp³-hybridized carbons (Fsp3) is 0.933. The second kappa shape index (κ2) is 7.36. The number of hydrogen-bond acceptors (Lipinski definition) is 4. The molecule has 0 aliphatic carbocycles. The molecule has 19 heavy (non-hydrogen) atoms. The van der Waals surface area contributed by atoms with E-state index >= 15 is 0 Å². The van der Waals surface area contributed by atoms with E-state index in [1.807, 2.05) is 0 Å². The van der Waals surface area contributed by atoms with Gasteiger partial charge < -0.3 is 4.90 Å². The molecule has 0 saturated carbocycles. The third kappa shape index (κ3) is 4.86. The van der Waals surface area contributed by atoms with Gasteiger partial charge in [0.25, 0.3) is 0 Å². The molecule has 2 aliphatic rings. The molecule has 2 rings (SSSR count). The lowest BCUT2D eigenvalue weighted by Gasteiger charge is -2.38. The maximum absolute atomic E-state index is 11.4. The summed E-state index contributed by atoms with van der Waals surface area (Å²) in [4.78, 5) is 18.9. The van der Waals surface area contributed by atoms with Gasteiger partial charge in [0.15, 0.2) is 0 Å². The Hall–Kier alpha value is -0.450. The number of piperidine rings is 1. The Balaban J connectivity index is 1.74. The molecule has 0 bridgehead atoms. The minimum absolute atomic E-state index is 0.344. The summed E-state index contributed by atoms with van der Waals surface area (Å²) >= 11 is 0. The van der Waals surface area contributed by atoms with Crippen LogP contribution in [-0.2, 0) is 4.79 Å². The predicted molar refractivity (Wildman–Crippen MR) is 78.4 cm³/mol. The molecule has 0 spiro atoms. The van der Waals surface area contributed by atoms with Crippen molar-refractivity contribution in [2.24, 2.45) is 0 Å². The first-order chi connectivity index (χ1) is 9.15. The number of carbonyl (C=O) groups excluding carboxylic acids is 1. The van der Waals surface area contributed by atoms with Crippen molar-refractivity contribution in [3.05, 3.63) is 0 Å². The maximum atomic E-state index is 11.4. The van der Waals surface area contributed by atoms with E-state index < -0.39 is 0 Å². The summed E-state index contributed by atoms with van der Waals surface area (Å²) in [5.41, 5.74) is 0. The number of carbonyl (C=O) groups is 1. The number of Topliss-reactive ketones (excluding diaryl/α,β-unsaturated/α-hetero) is 1. The molecular formula is C15H29N3O. The number of ketones is 1. The Kier molecular flexibility index (Phi) is 5.79. The van der Waals surface area contributed by atoms with Crippen LogP contribution in [0.3, 0.4) is 0 Å². The van der Waals surface area contributed by atoms with Crippen LogP contribution in [0.4, 0.5) is 0 Å². The largest absolute Gasteiger partial charge is 0.304 e. The molecule has 0 aromatic rings. The summed E-state index contributed by atoms with van der Waals surface area (Å²) in [5.74, 6) is 0.344. The van der Waals surface area contributed by atoms with Crippen molar-refractivity contribution in [2.75, 3.05) is 52.9 Å². The molecule has 2 fully saturated rings. The molecule has 2 saturated heterocycles. The topological polar surface area (TPSA) is 26.8 Å². The SMILES string of the molecule is CC(=O)CC1CCCCN1CCN1CCN(C)CC1. The Bertz CT molecular complexity index is 287. The van der Waals surface area contributed by atoms with Crippen LogP contribution in [0, 0.1) is 0 Å². The van der Waals surface area contributed by atoms with Crippen LogP contribution >= 0.6 is 0 Å². The van der Waals surface area contributed by atoms with Gasteiger partial charge in [0.2, 0.25) is 0 Å². The van der Waals surface area contributed by atoms with Crippen molar-refractivity contribution in [1.29, 1.82) is 0 Å². The van der Waals surface area contributed by atoms with Gasteiger partial charge in [-0.15, -0.1) is 0 Å². The molecule has 1 unspecified atom stereocenters. The van der Waals surface area contributed by atoms with Gasteiger partial charge in [-0.2, -0.15) is 0 Å². The quantitative estimate of drug-likeness (QED) is 0.744. The van der Waals surface area contributed by atoms with E-state index in [0.717, 1.165) is 13.0 Å². The van der Waals surface area contributed by atoms with Gasteiger partial charge in [-0.1, -0.05) is 6.42 Å². The third-order valence-corrected chi connectivity index (χ3v) is 4.57. The van der Waals surface area contributed by atoms with Crippen LogP contribution in [0.1, 0.15) is 32.6 Å². The van der Waals surface area contributed by atoms with Crippen molar-refractivity contribution < 1.29 is 4.79 Å². The summed E-state index contributed by atoms with van der Waals surface area (Å²) in [7, 11) is 2.20. The van der Waals surface area contributed by atoms with E-state index in [-0.39, 0.29) is 0 Å². The molecular weight excluding hydrogens is 238 g/mol. The molecule has 0 N–H and O–H groups in total. The van der Waals surface area contributed by atoms with Crippen molar-refractivity contribution in [1.82, 2.24) is 14.7 Å². The summed E-state index contributed by atoms with van der Waals surface area (Å²) in [6, 6.07) is 0.513. The van der Waals surface area contributed by atoms with Crippen LogP contribution < -0.4 is 0 Å². The highest BCUT2D eigenvalue weighted by atomic mass is 16.1. The average molecular weight is 267 g/mol. The monoisotopic (exact) mass is 267 g/mol. The van der Waals surface area contributed by atoms with E-state index in [2.05, 4.69) is 21.7 Å². The average Bonchev–Trinajstić information content (AvgIpc) is 2.39. The van der Waals surface area contributed by atoms with Crippen molar-refractivity contribution >= 4 is 5.78 Å². The van der Waals surface area contributed by atoms with Crippen LogP contribution in [0.5, 0.6) is 0 Å². The standard InChI is InChI=1S/C15H29N3O/c1-14(19)13-15-5-3-4-6-18(15)12-11-17-9-7-16(2)8-10-17/h15H,3-13H2,1-2H3. The molecule has 4 nitrogen and oxygen atoms in total. The highest BCUT2D eigenvalue weighted by Gasteiger charge is 2.24. The van der Waals surface area contributed by atoms with Gasteiger partial charge in [-0.25, -0.2) is 0 Å². The van der Waals surface area contributed by atoms with Crippen LogP contribution in [0.25, 0.3) is 0 Å². The second-order valence-corrected chi connectivity index (χ2v) is 6.24. The van der Waals surface area contributed by atoms with E-state index in [0.29, 0.717) is 11.8 Å². The summed E-state index contributed by atoms with van der Waals surface area (Å²) in [6.45, 7) is 10.0. The van der Waals surface area contributed by atoms with Crippen molar-refractivity contribution in [2.45, 2.75) is 38.6 Å². The van der Waals surface area contributed by atoms with Gasteiger partial charge in [0.1, 0.15) is 5.78 Å². The van der Waals surface area contributed by atoms with Crippen molar-refractivity contribution in [3.63, 3.8) is 0 Å². The number of likely N-dealkylation sites (tertiary alicyclic amines) is 1. The molecule has 0 amide bonds.